The molecule has 1 unspecified atom stereocenters. The van der Waals surface area contributed by atoms with E-state index in [1.807, 2.05) is 0 Å². The van der Waals surface area contributed by atoms with E-state index in [9.17, 15) is 14.4 Å². The maximum atomic E-state index is 12.0. The first-order valence-electron chi connectivity index (χ1n) is 6.47. The van der Waals surface area contributed by atoms with Crippen molar-refractivity contribution in [2.75, 3.05) is 20.3 Å². The number of aliphatic hydroxyl groups excluding tert-OH is 1. The zero-order chi connectivity index (χ0) is 15.1. The van der Waals surface area contributed by atoms with E-state index in [-0.39, 0.29) is 25.5 Å². The summed E-state index contributed by atoms with van der Waals surface area (Å²) in [4.78, 5) is 35.5. The molecule has 0 saturated carbocycles. The number of nitrogens with zero attached hydrogens (tertiary/aromatic N) is 1. The first-order chi connectivity index (χ1) is 9.49. The van der Waals surface area contributed by atoms with E-state index in [1.165, 1.54) is 12.0 Å². The molecule has 1 rings (SSSR count). The molecule has 2 amide bonds. The van der Waals surface area contributed by atoms with Crippen LogP contribution in [0.25, 0.3) is 0 Å². The van der Waals surface area contributed by atoms with Gasteiger partial charge in [-0.1, -0.05) is 0 Å². The molecule has 8 nitrogen and oxygen atoms in total. The van der Waals surface area contributed by atoms with Gasteiger partial charge in [-0.05, 0) is 19.3 Å². The van der Waals surface area contributed by atoms with Crippen LogP contribution in [-0.2, 0) is 14.3 Å². The van der Waals surface area contributed by atoms with E-state index in [0.717, 1.165) is 6.42 Å². The summed E-state index contributed by atoms with van der Waals surface area (Å²) in [7, 11) is 1.22. The number of methoxy groups -OCH3 is 1. The number of aliphatic carboxylic acids is 1. The maximum Gasteiger partial charge on any atom is 0.326 e. The minimum absolute atomic E-state index is 0.0363. The fourth-order valence-corrected chi connectivity index (χ4v) is 2.15. The molecule has 1 heterocycles. The topological polar surface area (TPSA) is 116 Å². The second-order valence-electron chi connectivity index (χ2n) is 4.63. The summed E-state index contributed by atoms with van der Waals surface area (Å²) in [5.41, 5.74) is 0. The zero-order valence-electron chi connectivity index (χ0n) is 11.4. The normalized spacial score (nSPS) is 19.5. The van der Waals surface area contributed by atoms with Crippen LogP contribution in [-0.4, -0.2) is 65.4 Å². The molecule has 0 spiro atoms. The van der Waals surface area contributed by atoms with Crippen molar-refractivity contribution in [2.24, 2.45) is 0 Å². The third-order valence-corrected chi connectivity index (χ3v) is 3.31. The number of hydrogen-bond donors (Lipinski definition) is 3. The molecule has 0 aromatic heterocycles. The van der Waals surface area contributed by atoms with E-state index < -0.39 is 24.0 Å². The number of aliphatic hydroxyl groups is 1. The number of amides is 2. The van der Waals surface area contributed by atoms with Crippen LogP contribution in [0.3, 0.4) is 0 Å². The average molecular weight is 288 g/mol. The first-order valence-corrected chi connectivity index (χ1v) is 6.47. The van der Waals surface area contributed by atoms with Gasteiger partial charge in [0.25, 0.3) is 0 Å². The minimum atomic E-state index is -1.21. The molecule has 1 saturated heterocycles. The third kappa shape index (κ3) is 4.37. The smallest absolute Gasteiger partial charge is 0.326 e. The van der Waals surface area contributed by atoms with Gasteiger partial charge in [0, 0.05) is 13.0 Å². The zero-order valence-corrected chi connectivity index (χ0v) is 11.4. The molecule has 1 fully saturated rings. The summed E-state index contributed by atoms with van der Waals surface area (Å²) in [6.45, 7) is 0.341. The van der Waals surface area contributed by atoms with Crippen molar-refractivity contribution in [3.63, 3.8) is 0 Å². The lowest BCUT2D eigenvalue weighted by Gasteiger charge is -2.25. The summed E-state index contributed by atoms with van der Waals surface area (Å²) in [6.07, 6.45) is 1.35. The fourth-order valence-electron chi connectivity index (χ4n) is 2.15. The van der Waals surface area contributed by atoms with Gasteiger partial charge in [-0.25, -0.2) is 9.59 Å². The molecule has 0 aliphatic carbocycles. The van der Waals surface area contributed by atoms with Crippen molar-refractivity contribution in [2.45, 2.75) is 37.8 Å². The predicted octanol–water partition coefficient (Wildman–Crippen LogP) is -0.441. The van der Waals surface area contributed by atoms with Crippen LogP contribution in [0.4, 0.5) is 4.79 Å². The number of urea groups is 1. The molecule has 8 heteroatoms. The molecule has 3 N–H and O–H groups in total. The van der Waals surface area contributed by atoms with E-state index >= 15 is 0 Å². The second kappa shape index (κ2) is 7.68. The molecular formula is C12H20N2O6. The van der Waals surface area contributed by atoms with Gasteiger partial charge in [-0.2, -0.15) is 0 Å². The number of ether oxygens (including phenoxy) is 1. The Bertz CT molecular complexity index is 373. The monoisotopic (exact) mass is 288 g/mol. The summed E-state index contributed by atoms with van der Waals surface area (Å²) in [6, 6.07) is -1.95. The molecule has 0 bridgehead atoms. The standard InChI is InChI=1S/C12H20N2O6/c1-20-10(16)5-4-9(11(17)18)13-12(19)14-6-2-3-8(14)7-15/h8-9,15H,2-7H2,1H3,(H,13,19)(H,17,18)/t8?,9-/m0/s1. The molecule has 20 heavy (non-hydrogen) atoms. The van der Waals surface area contributed by atoms with Crippen LogP contribution in [0.2, 0.25) is 0 Å². The number of carbonyl (C=O) groups excluding carboxylic acids is 2. The van der Waals surface area contributed by atoms with Gasteiger partial charge >= 0.3 is 18.0 Å². The number of nitrogens with one attached hydrogen (secondary N) is 1. The Morgan fingerprint density at radius 1 is 1.45 bits per heavy atom. The van der Waals surface area contributed by atoms with E-state index in [4.69, 9.17) is 10.2 Å². The number of likely N-dealkylation sites (tertiary alicyclic amines) is 1. The number of carbonyl (C=O) groups is 3. The number of carboxylic acids is 1. The summed E-state index contributed by atoms with van der Waals surface area (Å²) < 4.78 is 4.43. The Labute approximate surface area is 116 Å². The number of hydrogen-bond acceptors (Lipinski definition) is 5. The summed E-state index contributed by atoms with van der Waals surface area (Å²) >= 11 is 0. The van der Waals surface area contributed by atoms with Crippen molar-refractivity contribution in [3.05, 3.63) is 0 Å². The number of esters is 1. The quantitative estimate of drug-likeness (QED) is 0.570. The van der Waals surface area contributed by atoms with Gasteiger partial charge in [-0.3, -0.25) is 4.79 Å². The molecule has 2 atom stereocenters. The van der Waals surface area contributed by atoms with Gasteiger partial charge < -0.3 is 25.2 Å². The van der Waals surface area contributed by atoms with Gasteiger partial charge in [0.1, 0.15) is 6.04 Å². The van der Waals surface area contributed by atoms with Gasteiger partial charge in [0.2, 0.25) is 0 Å². The molecule has 1 aliphatic heterocycles. The maximum absolute atomic E-state index is 12.0. The second-order valence-corrected chi connectivity index (χ2v) is 4.63. The van der Waals surface area contributed by atoms with Crippen LogP contribution in [0.5, 0.6) is 0 Å². The van der Waals surface area contributed by atoms with Crippen LogP contribution >= 0.6 is 0 Å². The van der Waals surface area contributed by atoms with Crippen LogP contribution in [0.1, 0.15) is 25.7 Å². The van der Waals surface area contributed by atoms with Crippen LogP contribution in [0, 0.1) is 0 Å². The Morgan fingerprint density at radius 3 is 2.70 bits per heavy atom. The minimum Gasteiger partial charge on any atom is -0.480 e. The van der Waals surface area contributed by atoms with E-state index in [2.05, 4.69) is 10.1 Å². The molecule has 0 aromatic carbocycles. The molecule has 1 aliphatic rings. The predicted molar refractivity (Wildman–Crippen MR) is 68.0 cm³/mol. The van der Waals surface area contributed by atoms with Crippen molar-refractivity contribution in [1.82, 2.24) is 10.2 Å². The highest BCUT2D eigenvalue weighted by Crippen LogP contribution is 2.16. The van der Waals surface area contributed by atoms with Crippen molar-refractivity contribution in [3.8, 4) is 0 Å². The van der Waals surface area contributed by atoms with Gasteiger partial charge in [0.05, 0.1) is 19.8 Å². The highest BCUT2D eigenvalue weighted by Gasteiger charge is 2.30. The fraction of sp³-hybridized carbons (Fsp3) is 0.750. The van der Waals surface area contributed by atoms with Gasteiger partial charge in [-0.15, -0.1) is 0 Å². The Balaban J connectivity index is 2.54. The van der Waals surface area contributed by atoms with E-state index in [1.54, 1.807) is 0 Å². The average Bonchev–Trinajstić information content (AvgIpc) is 2.90. The molecule has 0 aromatic rings. The lowest BCUT2D eigenvalue weighted by atomic mass is 10.1. The van der Waals surface area contributed by atoms with Crippen molar-refractivity contribution in [1.29, 1.82) is 0 Å². The SMILES string of the molecule is COC(=O)CC[C@H](NC(=O)N1CCCC1CO)C(=O)O. The van der Waals surface area contributed by atoms with Gasteiger partial charge in [0.15, 0.2) is 0 Å². The summed E-state index contributed by atoms with van der Waals surface area (Å²) in [5, 5.41) is 20.5. The lowest BCUT2D eigenvalue weighted by molar-refractivity contribution is -0.142. The molecular weight excluding hydrogens is 268 g/mol. The molecule has 114 valence electrons. The summed E-state index contributed by atoms with van der Waals surface area (Å²) in [5.74, 6) is -1.73. The Kier molecular flexibility index (Phi) is 6.23. The first kappa shape index (κ1) is 16.2. The highest BCUT2D eigenvalue weighted by atomic mass is 16.5. The number of rotatable bonds is 6. The molecule has 0 radical (unpaired) electrons. The Morgan fingerprint density at radius 2 is 2.15 bits per heavy atom. The highest BCUT2D eigenvalue weighted by molar-refractivity contribution is 5.83. The van der Waals surface area contributed by atoms with E-state index in [0.29, 0.717) is 13.0 Å². The lowest BCUT2D eigenvalue weighted by Crippen LogP contribution is -2.50. The number of carboxylic acid groups (broad SMARTS) is 1. The largest absolute Gasteiger partial charge is 0.480 e. The van der Waals surface area contributed by atoms with Crippen LogP contribution < -0.4 is 5.32 Å². The Hall–Kier alpha value is -1.83. The van der Waals surface area contributed by atoms with Crippen LogP contribution in [0.15, 0.2) is 0 Å². The van der Waals surface area contributed by atoms with Crippen molar-refractivity contribution < 1.29 is 29.3 Å². The third-order valence-electron chi connectivity index (χ3n) is 3.31. The van der Waals surface area contributed by atoms with Crippen molar-refractivity contribution >= 4 is 18.0 Å².